The Morgan fingerprint density at radius 3 is 2.31 bits per heavy atom. The highest BCUT2D eigenvalue weighted by Crippen LogP contribution is 2.36. The van der Waals surface area contributed by atoms with Crippen LogP contribution >= 0.6 is 0 Å². The van der Waals surface area contributed by atoms with Crippen molar-refractivity contribution < 1.29 is 19.4 Å². The number of nitrogens with zero attached hydrogens (tertiary/aromatic N) is 1. The van der Waals surface area contributed by atoms with E-state index in [2.05, 4.69) is 10.5 Å². The number of hydrogen-bond acceptors (Lipinski definition) is 5. The smallest absolute Gasteiger partial charge is 0.227 e. The zero-order valence-corrected chi connectivity index (χ0v) is 8.93. The van der Waals surface area contributed by atoms with E-state index >= 15 is 0 Å². The first-order valence-corrected chi connectivity index (χ1v) is 4.40. The Kier molecular flexibility index (Phi) is 4.14. The van der Waals surface area contributed by atoms with Crippen LogP contribution in [-0.4, -0.2) is 32.0 Å². The van der Waals surface area contributed by atoms with Gasteiger partial charge in [0.25, 0.3) is 0 Å². The quantitative estimate of drug-likeness (QED) is 0.433. The summed E-state index contributed by atoms with van der Waals surface area (Å²) < 4.78 is 9.91. The highest BCUT2D eigenvalue weighted by Gasteiger charge is 2.09. The van der Waals surface area contributed by atoms with Gasteiger partial charge in [-0.1, -0.05) is 0 Å². The Hall–Kier alpha value is -2.24. The van der Waals surface area contributed by atoms with E-state index in [9.17, 15) is 9.90 Å². The van der Waals surface area contributed by atoms with Crippen LogP contribution in [0, 0.1) is 0 Å². The number of carbonyl (C=O) groups is 1. The number of aromatic hydroxyl groups is 1. The summed E-state index contributed by atoms with van der Waals surface area (Å²) in [6, 6.07) is 3.13. The molecule has 1 aromatic carbocycles. The molecule has 6 nitrogen and oxygen atoms in total. The van der Waals surface area contributed by atoms with E-state index < -0.39 is 0 Å². The minimum atomic E-state index is -0.0782. The van der Waals surface area contributed by atoms with Crippen molar-refractivity contribution in [3.8, 4) is 17.2 Å². The van der Waals surface area contributed by atoms with Crippen LogP contribution in [0.3, 0.4) is 0 Å². The van der Waals surface area contributed by atoms with Crippen molar-refractivity contribution in [2.24, 2.45) is 5.10 Å². The molecule has 0 aliphatic rings. The van der Waals surface area contributed by atoms with Crippen molar-refractivity contribution in [3.05, 3.63) is 17.7 Å². The summed E-state index contributed by atoms with van der Waals surface area (Å²) in [4.78, 5) is 9.98. The van der Waals surface area contributed by atoms with Crippen molar-refractivity contribution in [2.45, 2.75) is 0 Å². The molecule has 1 rings (SSSR count). The Balaban J connectivity index is 3.06. The number of ether oxygens (including phenoxy) is 2. The van der Waals surface area contributed by atoms with Crippen LogP contribution in [0.4, 0.5) is 0 Å². The summed E-state index contributed by atoms with van der Waals surface area (Å²) in [5.41, 5.74) is 2.76. The number of benzene rings is 1. The van der Waals surface area contributed by atoms with Gasteiger partial charge in [-0.2, -0.15) is 5.10 Å². The van der Waals surface area contributed by atoms with Gasteiger partial charge in [0, 0.05) is 5.56 Å². The average Bonchev–Trinajstić information content (AvgIpc) is 2.31. The van der Waals surface area contributed by atoms with Gasteiger partial charge >= 0.3 is 0 Å². The zero-order valence-electron chi connectivity index (χ0n) is 8.93. The molecular weight excluding hydrogens is 212 g/mol. The van der Waals surface area contributed by atoms with Gasteiger partial charge in [-0.05, 0) is 12.1 Å². The standard InChI is InChI=1S/C10H12N2O4/c1-15-8-3-7(5-11-12-6-13)4-9(16-2)10(8)14/h3-6,14H,1-2H3,(H,12,13)/b11-5+. The van der Waals surface area contributed by atoms with Gasteiger partial charge in [0.15, 0.2) is 11.5 Å². The fourth-order valence-corrected chi connectivity index (χ4v) is 1.13. The Morgan fingerprint density at radius 2 is 1.88 bits per heavy atom. The number of phenols is 1. The maximum absolute atomic E-state index is 9.98. The van der Waals surface area contributed by atoms with Gasteiger partial charge in [-0.25, -0.2) is 5.43 Å². The lowest BCUT2D eigenvalue weighted by Gasteiger charge is -2.08. The van der Waals surface area contributed by atoms with Crippen LogP contribution in [0.2, 0.25) is 0 Å². The number of phenolic OH excluding ortho intramolecular Hbond substituents is 1. The summed E-state index contributed by atoms with van der Waals surface area (Å²) >= 11 is 0. The van der Waals surface area contributed by atoms with Crippen LogP contribution in [-0.2, 0) is 4.79 Å². The summed E-state index contributed by atoms with van der Waals surface area (Å²) in [6.45, 7) is 0. The van der Waals surface area contributed by atoms with Gasteiger partial charge in [-0.3, -0.25) is 4.79 Å². The van der Waals surface area contributed by atoms with Gasteiger partial charge < -0.3 is 14.6 Å². The zero-order chi connectivity index (χ0) is 12.0. The molecule has 0 bridgehead atoms. The third-order valence-electron chi connectivity index (χ3n) is 1.84. The van der Waals surface area contributed by atoms with Crippen LogP contribution in [0.1, 0.15) is 5.56 Å². The van der Waals surface area contributed by atoms with Crippen LogP contribution < -0.4 is 14.9 Å². The molecule has 0 aliphatic heterocycles. The maximum Gasteiger partial charge on any atom is 0.227 e. The number of methoxy groups -OCH3 is 2. The second kappa shape index (κ2) is 5.59. The topological polar surface area (TPSA) is 80.2 Å². The van der Waals surface area contributed by atoms with E-state index in [1.807, 2.05) is 0 Å². The van der Waals surface area contributed by atoms with Crippen molar-refractivity contribution in [3.63, 3.8) is 0 Å². The van der Waals surface area contributed by atoms with E-state index in [0.717, 1.165) is 0 Å². The molecule has 0 unspecified atom stereocenters. The summed E-state index contributed by atoms with van der Waals surface area (Å²) in [6.07, 6.45) is 1.85. The van der Waals surface area contributed by atoms with E-state index in [1.54, 1.807) is 12.1 Å². The fraction of sp³-hybridized carbons (Fsp3) is 0.200. The molecule has 6 heteroatoms. The highest BCUT2D eigenvalue weighted by atomic mass is 16.5. The maximum atomic E-state index is 9.98. The molecular formula is C10H12N2O4. The van der Waals surface area contributed by atoms with Crippen molar-refractivity contribution >= 4 is 12.6 Å². The molecule has 16 heavy (non-hydrogen) atoms. The number of rotatable bonds is 5. The Labute approximate surface area is 92.5 Å². The van der Waals surface area contributed by atoms with Crippen LogP contribution in [0.5, 0.6) is 17.2 Å². The third-order valence-corrected chi connectivity index (χ3v) is 1.84. The van der Waals surface area contributed by atoms with Crippen LogP contribution in [0.25, 0.3) is 0 Å². The van der Waals surface area contributed by atoms with E-state index in [4.69, 9.17) is 9.47 Å². The number of hydrazone groups is 1. The van der Waals surface area contributed by atoms with Crippen LogP contribution in [0.15, 0.2) is 17.2 Å². The van der Waals surface area contributed by atoms with Crippen molar-refractivity contribution in [1.82, 2.24) is 5.43 Å². The molecule has 0 saturated carbocycles. The number of hydrogen-bond donors (Lipinski definition) is 2. The lowest BCUT2D eigenvalue weighted by atomic mass is 10.2. The van der Waals surface area contributed by atoms with Gasteiger partial charge in [0.2, 0.25) is 12.2 Å². The van der Waals surface area contributed by atoms with Gasteiger partial charge in [0.05, 0.1) is 20.4 Å². The summed E-state index contributed by atoms with van der Waals surface area (Å²) in [5, 5.41) is 13.2. The monoisotopic (exact) mass is 224 g/mol. The largest absolute Gasteiger partial charge is 0.502 e. The Bertz CT molecular complexity index is 379. The molecule has 0 radical (unpaired) electrons. The molecule has 0 aromatic heterocycles. The minimum absolute atomic E-state index is 0.0782. The molecule has 0 heterocycles. The van der Waals surface area contributed by atoms with Crippen molar-refractivity contribution in [2.75, 3.05) is 14.2 Å². The molecule has 0 fully saturated rings. The molecule has 2 N–H and O–H groups in total. The number of amides is 1. The first-order valence-electron chi connectivity index (χ1n) is 4.40. The average molecular weight is 224 g/mol. The minimum Gasteiger partial charge on any atom is -0.502 e. The molecule has 0 aliphatic carbocycles. The third kappa shape index (κ3) is 2.63. The lowest BCUT2D eigenvalue weighted by Crippen LogP contribution is -2.01. The number of carbonyl (C=O) groups excluding carboxylic acids is 1. The van der Waals surface area contributed by atoms with E-state index in [0.29, 0.717) is 12.0 Å². The number of nitrogens with one attached hydrogen (secondary N) is 1. The molecule has 0 spiro atoms. The second-order valence-corrected chi connectivity index (χ2v) is 2.78. The molecule has 1 aromatic rings. The highest BCUT2D eigenvalue weighted by molar-refractivity contribution is 5.82. The van der Waals surface area contributed by atoms with E-state index in [1.165, 1.54) is 20.4 Å². The van der Waals surface area contributed by atoms with Crippen molar-refractivity contribution in [1.29, 1.82) is 0 Å². The molecule has 1 amide bonds. The fourth-order valence-electron chi connectivity index (χ4n) is 1.13. The Morgan fingerprint density at radius 1 is 1.31 bits per heavy atom. The first-order chi connectivity index (χ1) is 7.72. The summed E-state index contributed by atoms with van der Waals surface area (Å²) in [5.74, 6) is 0.462. The lowest BCUT2D eigenvalue weighted by molar-refractivity contribution is -0.109. The second-order valence-electron chi connectivity index (χ2n) is 2.78. The van der Waals surface area contributed by atoms with Gasteiger partial charge in [0.1, 0.15) is 0 Å². The molecule has 0 atom stereocenters. The SMILES string of the molecule is COc1cc(/C=N/NC=O)cc(OC)c1O. The summed E-state index contributed by atoms with van der Waals surface area (Å²) in [7, 11) is 2.86. The first kappa shape index (κ1) is 11.8. The normalized spacial score (nSPS) is 10.1. The predicted molar refractivity (Wildman–Crippen MR) is 58.0 cm³/mol. The van der Waals surface area contributed by atoms with Gasteiger partial charge in [-0.15, -0.1) is 0 Å². The predicted octanol–water partition coefficient (Wildman–Crippen LogP) is 0.489. The van der Waals surface area contributed by atoms with E-state index in [-0.39, 0.29) is 17.2 Å². The molecule has 0 saturated heterocycles. The molecule has 86 valence electrons.